The molecule has 0 aromatic rings. The quantitative estimate of drug-likeness (QED) is 0.730. The zero-order valence-corrected chi connectivity index (χ0v) is 14.9. The van der Waals surface area contributed by atoms with E-state index in [4.69, 9.17) is 5.11 Å². The number of carboxylic acid groups (broad SMARTS) is 1. The predicted molar refractivity (Wildman–Crippen MR) is 93.1 cm³/mol. The summed E-state index contributed by atoms with van der Waals surface area (Å²) in [5.74, 6) is -0.00260. The zero-order valence-electron chi connectivity index (χ0n) is 14.9. The summed E-state index contributed by atoms with van der Waals surface area (Å²) in [5, 5.41) is 18.9. The molecule has 2 N–H and O–H groups in total. The van der Waals surface area contributed by atoms with E-state index in [2.05, 4.69) is 20.4 Å². The molecule has 0 heterocycles. The topological polar surface area (TPSA) is 57.5 Å². The maximum absolute atomic E-state index is 12.0. The summed E-state index contributed by atoms with van der Waals surface area (Å²) in [6.45, 7) is 10.7. The van der Waals surface area contributed by atoms with E-state index >= 15 is 0 Å². The second-order valence-electron chi connectivity index (χ2n) is 8.16. The molecule has 0 radical (unpaired) electrons. The summed E-state index contributed by atoms with van der Waals surface area (Å²) in [7, 11) is 0. The highest BCUT2D eigenvalue weighted by atomic mass is 16.4. The van der Waals surface area contributed by atoms with Crippen molar-refractivity contribution >= 4 is 5.97 Å². The number of hydrogen-bond acceptors (Lipinski definition) is 2. The second-order valence-corrected chi connectivity index (χ2v) is 8.16. The van der Waals surface area contributed by atoms with Crippen LogP contribution in [0.15, 0.2) is 23.8 Å². The monoisotopic (exact) mass is 320 g/mol. The molecule has 0 amide bonds. The molecule has 0 bridgehead atoms. The van der Waals surface area contributed by atoms with Gasteiger partial charge in [0.25, 0.3) is 0 Å². The largest absolute Gasteiger partial charge is 0.481 e. The minimum Gasteiger partial charge on any atom is -0.481 e. The van der Waals surface area contributed by atoms with Crippen LogP contribution in [0.5, 0.6) is 0 Å². The van der Waals surface area contributed by atoms with Gasteiger partial charge in [0.05, 0.1) is 12.0 Å². The summed E-state index contributed by atoms with van der Waals surface area (Å²) < 4.78 is 0. The number of aliphatic carboxylic acids is 1. The van der Waals surface area contributed by atoms with Gasteiger partial charge in [-0.15, -0.1) is 0 Å². The fourth-order valence-electron chi connectivity index (χ4n) is 5.37. The van der Waals surface area contributed by atoms with Crippen LogP contribution in [-0.4, -0.2) is 22.8 Å². The van der Waals surface area contributed by atoms with Gasteiger partial charge < -0.3 is 10.2 Å². The summed E-state index contributed by atoms with van der Waals surface area (Å²) in [5.41, 5.74) is 1.96. The number of hydrogen-bond donors (Lipinski definition) is 2. The predicted octanol–water partition coefficient (Wildman–Crippen LogP) is 4.57. The maximum atomic E-state index is 12.0. The lowest BCUT2D eigenvalue weighted by molar-refractivity contribution is -0.164. The third-order valence-corrected chi connectivity index (χ3v) is 6.78. The average Bonchev–Trinajstić information content (AvgIpc) is 2.46. The van der Waals surface area contributed by atoms with E-state index in [1.54, 1.807) is 0 Å². The number of fused-ring (bicyclic) bond motifs is 1. The van der Waals surface area contributed by atoms with Gasteiger partial charge in [-0.1, -0.05) is 37.1 Å². The Balaban J connectivity index is 2.26. The molecule has 2 aliphatic rings. The lowest BCUT2D eigenvalue weighted by Crippen LogP contribution is -2.53. The maximum Gasteiger partial charge on any atom is 0.309 e. The van der Waals surface area contributed by atoms with E-state index in [1.807, 2.05) is 13.0 Å². The van der Waals surface area contributed by atoms with Gasteiger partial charge in [-0.2, -0.15) is 0 Å². The second kappa shape index (κ2) is 6.80. The third kappa shape index (κ3) is 3.26. The van der Waals surface area contributed by atoms with Crippen molar-refractivity contribution < 1.29 is 15.0 Å². The summed E-state index contributed by atoms with van der Waals surface area (Å²) >= 11 is 0. The lowest BCUT2D eigenvalue weighted by atomic mass is 9.46. The van der Waals surface area contributed by atoms with Crippen molar-refractivity contribution in [1.82, 2.24) is 0 Å². The Hall–Kier alpha value is -1.09. The van der Waals surface area contributed by atoms with E-state index in [1.165, 1.54) is 11.1 Å². The Morgan fingerprint density at radius 3 is 2.70 bits per heavy atom. The van der Waals surface area contributed by atoms with Crippen molar-refractivity contribution in [3.8, 4) is 0 Å². The fraction of sp³-hybridized carbons (Fsp3) is 0.750. The molecule has 0 unspecified atom stereocenters. The SMILES string of the molecule is C=C1CC[C@@H]2[C@](C)(CCC[C@@]2(C)C(=O)O)[C@@H]1CC/C(C)=C\CO. The van der Waals surface area contributed by atoms with Gasteiger partial charge in [-0.3, -0.25) is 4.79 Å². The number of aliphatic hydroxyl groups is 1. The Labute approximate surface area is 140 Å². The highest BCUT2D eigenvalue weighted by Gasteiger charge is 2.57. The van der Waals surface area contributed by atoms with Crippen LogP contribution in [0.4, 0.5) is 0 Å². The fourth-order valence-corrected chi connectivity index (χ4v) is 5.37. The molecule has 4 atom stereocenters. The normalized spacial score (nSPS) is 38.3. The number of aliphatic hydroxyl groups excluding tert-OH is 1. The molecule has 0 spiro atoms. The summed E-state index contributed by atoms with van der Waals surface area (Å²) in [6.07, 6.45) is 8.65. The first-order valence-corrected chi connectivity index (χ1v) is 8.93. The van der Waals surface area contributed by atoms with Gasteiger partial charge in [0, 0.05) is 0 Å². The van der Waals surface area contributed by atoms with E-state index in [0.29, 0.717) is 5.92 Å². The summed E-state index contributed by atoms with van der Waals surface area (Å²) in [4.78, 5) is 12.0. The van der Waals surface area contributed by atoms with E-state index in [9.17, 15) is 9.90 Å². The Morgan fingerprint density at radius 1 is 1.39 bits per heavy atom. The number of carbonyl (C=O) groups is 1. The smallest absolute Gasteiger partial charge is 0.309 e. The van der Waals surface area contributed by atoms with Gasteiger partial charge in [0.1, 0.15) is 0 Å². The Kier molecular flexibility index (Phi) is 5.40. The van der Waals surface area contributed by atoms with Crippen molar-refractivity contribution in [2.75, 3.05) is 6.61 Å². The molecule has 2 fully saturated rings. The van der Waals surface area contributed by atoms with E-state index in [-0.39, 0.29) is 17.9 Å². The summed E-state index contributed by atoms with van der Waals surface area (Å²) in [6, 6.07) is 0. The van der Waals surface area contributed by atoms with Crippen LogP contribution in [0.2, 0.25) is 0 Å². The highest BCUT2D eigenvalue weighted by Crippen LogP contribution is 2.62. The number of rotatable bonds is 5. The molecule has 0 saturated heterocycles. The first-order chi connectivity index (χ1) is 10.8. The Morgan fingerprint density at radius 2 is 2.09 bits per heavy atom. The molecule has 0 aliphatic heterocycles. The molecule has 2 aliphatic carbocycles. The molecule has 130 valence electrons. The minimum atomic E-state index is -0.629. The van der Waals surface area contributed by atoms with Crippen molar-refractivity contribution in [3.63, 3.8) is 0 Å². The first-order valence-electron chi connectivity index (χ1n) is 8.93. The van der Waals surface area contributed by atoms with Crippen LogP contribution < -0.4 is 0 Å². The van der Waals surface area contributed by atoms with E-state index < -0.39 is 11.4 Å². The first kappa shape index (κ1) is 18.3. The standard InChI is InChI=1S/C20H32O3/c1-14(10-13-21)6-8-16-15(2)7-9-17-19(16,3)11-5-12-20(17,4)18(22)23/h10,16-17,21H,2,5-9,11-13H2,1,3-4H3,(H,22,23)/b14-10-/t16-,17-,19-,20-/m1/s1. The van der Waals surface area contributed by atoms with Crippen molar-refractivity contribution in [2.45, 2.75) is 65.7 Å². The Bertz CT molecular complexity index is 507. The average molecular weight is 320 g/mol. The molecular formula is C20H32O3. The molecule has 0 aromatic carbocycles. The van der Waals surface area contributed by atoms with Crippen LogP contribution >= 0.6 is 0 Å². The molecule has 0 aromatic heterocycles. The van der Waals surface area contributed by atoms with Gasteiger partial charge in [0.15, 0.2) is 0 Å². The molecule has 3 heteroatoms. The minimum absolute atomic E-state index is 0.0419. The van der Waals surface area contributed by atoms with Crippen LogP contribution in [0, 0.1) is 22.7 Å². The third-order valence-electron chi connectivity index (χ3n) is 6.78. The van der Waals surface area contributed by atoms with Gasteiger partial charge >= 0.3 is 5.97 Å². The zero-order chi connectivity index (χ0) is 17.3. The number of carboxylic acids is 1. The molecular weight excluding hydrogens is 288 g/mol. The van der Waals surface area contributed by atoms with Crippen molar-refractivity contribution in [1.29, 1.82) is 0 Å². The van der Waals surface area contributed by atoms with Gasteiger partial charge in [-0.05, 0) is 69.6 Å². The van der Waals surface area contributed by atoms with Crippen LogP contribution in [-0.2, 0) is 4.79 Å². The van der Waals surface area contributed by atoms with Crippen LogP contribution in [0.1, 0.15) is 65.7 Å². The van der Waals surface area contributed by atoms with Crippen molar-refractivity contribution in [2.24, 2.45) is 22.7 Å². The van der Waals surface area contributed by atoms with Gasteiger partial charge in [-0.25, -0.2) is 0 Å². The molecule has 2 saturated carbocycles. The van der Waals surface area contributed by atoms with E-state index in [0.717, 1.165) is 44.9 Å². The molecule has 2 rings (SSSR count). The van der Waals surface area contributed by atoms with Crippen LogP contribution in [0.3, 0.4) is 0 Å². The number of allylic oxidation sites excluding steroid dienone is 2. The lowest BCUT2D eigenvalue weighted by Gasteiger charge is -2.57. The van der Waals surface area contributed by atoms with Crippen LogP contribution in [0.25, 0.3) is 0 Å². The molecule has 23 heavy (non-hydrogen) atoms. The molecule has 3 nitrogen and oxygen atoms in total. The van der Waals surface area contributed by atoms with Crippen molar-refractivity contribution in [3.05, 3.63) is 23.8 Å². The van der Waals surface area contributed by atoms with Gasteiger partial charge in [0.2, 0.25) is 0 Å². The highest BCUT2D eigenvalue weighted by molar-refractivity contribution is 5.75.